The maximum absolute atomic E-state index is 13.9. The molecule has 1 aliphatic carbocycles. The van der Waals surface area contributed by atoms with Gasteiger partial charge < -0.3 is 10.5 Å². The van der Waals surface area contributed by atoms with Crippen molar-refractivity contribution in [3.8, 4) is 0 Å². The molecule has 104 valence electrons. The van der Waals surface area contributed by atoms with E-state index in [0.29, 0.717) is 11.3 Å². The van der Waals surface area contributed by atoms with Gasteiger partial charge in [-0.2, -0.15) is 0 Å². The predicted octanol–water partition coefficient (Wildman–Crippen LogP) is 3.12. The number of hydrogen-bond acceptors (Lipinski definition) is 3. The number of anilines is 1. The number of halogens is 1. The van der Waals surface area contributed by atoms with Crippen LogP contribution in [0.25, 0.3) is 0 Å². The first-order chi connectivity index (χ1) is 8.70. The third kappa shape index (κ3) is 3.44. The van der Waals surface area contributed by atoms with Crippen LogP contribution in [0.4, 0.5) is 14.9 Å². The molecule has 0 radical (unpaired) electrons. The molecule has 4 nitrogen and oxygen atoms in total. The molecule has 0 atom stereocenters. The second-order valence-electron chi connectivity index (χ2n) is 5.98. The van der Waals surface area contributed by atoms with Crippen molar-refractivity contribution < 1.29 is 13.9 Å². The Morgan fingerprint density at radius 3 is 2.53 bits per heavy atom. The number of nitrogens with two attached hydrogens (primary N) is 1. The van der Waals surface area contributed by atoms with Crippen LogP contribution in [0.5, 0.6) is 0 Å². The fourth-order valence-electron chi connectivity index (χ4n) is 1.82. The highest BCUT2D eigenvalue weighted by Crippen LogP contribution is 2.44. The largest absolute Gasteiger partial charge is 0.444 e. The van der Waals surface area contributed by atoms with Gasteiger partial charge in [0.05, 0.1) is 0 Å². The molecule has 0 spiro atoms. The fraction of sp³-hybridized carbons (Fsp3) is 0.500. The van der Waals surface area contributed by atoms with E-state index in [1.54, 1.807) is 32.9 Å². The van der Waals surface area contributed by atoms with Crippen LogP contribution >= 0.6 is 0 Å². The highest BCUT2D eigenvalue weighted by molar-refractivity contribution is 5.84. The minimum Gasteiger partial charge on any atom is -0.444 e. The van der Waals surface area contributed by atoms with E-state index in [-0.39, 0.29) is 0 Å². The Balaban J connectivity index is 2.06. The normalized spacial score (nSPS) is 16.9. The topological polar surface area (TPSA) is 64.3 Å². The molecule has 19 heavy (non-hydrogen) atoms. The van der Waals surface area contributed by atoms with Gasteiger partial charge in [-0.3, -0.25) is 5.32 Å². The van der Waals surface area contributed by atoms with E-state index in [0.717, 1.165) is 12.8 Å². The van der Waals surface area contributed by atoms with Gasteiger partial charge in [0.2, 0.25) is 0 Å². The molecule has 0 bridgehead atoms. The summed E-state index contributed by atoms with van der Waals surface area (Å²) in [5, 5.41) is 2.50. The van der Waals surface area contributed by atoms with E-state index < -0.39 is 23.1 Å². The summed E-state index contributed by atoms with van der Waals surface area (Å²) >= 11 is 0. The van der Waals surface area contributed by atoms with Gasteiger partial charge in [0.1, 0.15) is 11.4 Å². The monoisotopic (exact) mass is 266 g/mol. The van der Waals surface area contributed by atoms with Gasteiger partial charge in [0.15, 0.2) is 0 Å². The molecular formula is C14H19FN2O2. The van der Waals surface area contributed by atoms with Gasteiger partial charge in [-0.25, -0.2) is 9.18 Å². The Bertz CT molecular complexity index is 505. The standard InChI is InChI=1S/C14H19FN2O2/c1-13(2,3)19-12(18)17-9-4-5-10(11(15)8-9)14(16)6-7-14/h4-5,8H,6-7,16H2,1-3H3,(H,17,18). The molecule has 0 heterocycles. The van der Waals surface area contributed by atoms with Crippen LogP contribution in [0.2, 0.25) is 0 Å². The third-order valence-corrected chi connectivity index (χ3v) is 2.94. The first-order valence-electron chi connectivity index (χ1n) is 6.29. The molecule has 1 aliphatic rings. The van der Waals surface area contributed by atoms with E-state index >= 15 is 0 Å². The van der Waals surface area contributed by atoms with E-state index in [4.69, 9.17) is 10.5 Å². The molecular weight excluding hydrogens is 247 g/mol. The summed E-state index contributed by atoms with van der Waals surface area (Å²) in [7, 11) is 0. The number of hydrogen-bond donors (Lipinski definition) is 2. The predicted molar refractivity (Wildman–Crippen MR) is 71.4 cm³/mol. The number of rotatable bonds is 2. The van der Waals surface area contributed by atoms with Crippen molar-refractivity contribution in [1.29, 1.82) is 0 Å². The lowest BCUT2D eigenvalue weighted by molar-refractivity contribution is 0.0636. The molecule has 5 heteroatoms. The van der Waals surface area contributed by atoms with Crippen LogP contribution in [0.15, 0.2) is 18.2 Å². The van der Waals surface area contributed by atoms with Gasteiger partial charge in [-0.05, 0) is 45.7 Å². The lowest BCUT2D eigenvalue weighted by Gasteiger charge is -2.20. The molecule has 0 saturated heterocycles. The number of benzene rings is 1. The van der Waals surface area contributed by atoms with Crippen molar-refractivity contribution >= 4 is 11.8 Å². The van der Waals surface area contributed by atoms with Gasteiger partial charge in [-0.15, -0.1) is 0 Å². The second-order valence-corrected chi connectivity index (χ2v) is 5.98. The first-order valence-corrected chi connectivity index (χ1v) is 6.29. The van der Waals surface area contributed by atoms with Gasteiger partial charge in [0.25, 0.3) is 0 Å². The SMILES string of the molecule is CC(C)(C)OC(=O)Nc1ccc(C2(N)CC2)c(F)c1. The van der Waals surface area contributed by atoms with Crippen LogP contribution in [-0.4, -0.2) is 11.7 Å². The van der Waals surface area contributed by atoms with Crippen molar-refractivity contribution in [3.05, 3.63) is 29.6 Å². The second kappa shape index (κ2) is 4.49. The molecule has 0 aromatic heterocycles. The van der Waals surface area contributed by atoms with E-state index in [2.05, 4.69) is 5.32 Å². The third-order valence-electron chi connectivity index (χ3n) is 2.94. The number of carbonyl (C=O) groups excluding carboxylic acids is 1. The Morgan fingerprint density at radius 1 is 1.42 bits per heavy atom. The van der Waals surface area contributed by atoms with E-state index in [1.807, 2.05) is 0 Å². The maximum atomic E-state index is 13.9. The Hall–Kier alpha value is -1.62. The number of nitrogens with one attached hydrogen (secondary N) is 1. The highest BCUT2D eigenvalue weighted by atomic mass is 19.1. The maximum Gasteiger partial charge on any atom is 0.412 e. The van der Waals surface area contributed by atoms with E-state index in [1.165, 1.54) is 6.07 Å². The van der Waals surface area contributed by atoms with Crippen molar-refractivity contribution in [2.24, 2.45) is 5.73 Å². The van der Waals surface area contributed by atoms with Crippen LogP contribution < -0.4 is 11.1 Å². The summed E-state index contributed by atoms with van der Waals surface area (Å²) in [6.07, 6.45) is 0.986. The minimum atomic E-state index is -0.603. The quantitative estimate of drug-likeness (QED) is 0.864. The average molecular weight is 266 g/mol. The molecule has 1 saturated carbocycles. The molecule has 1 aromatic rings. The van der Waals surface area contributed by atoms with Crippen molar-refractivity contribution in [2.45, 2.75) is 44.8 Å². The van der Waals surface area contributed by atoms with Gasteiger partial charge in [0, 0.05) is 16.8 Å². The lowest BCUT2D eigenvalue weighted by Crippen LogP contribution is -2.27. The summed E-state index contributed by atoms with van der Waals surface area (Å²) in [5.74, 6) is -0.395. The van der Waals surface area contributed by atoms with Crippen molar-refractivity contribution in [3.63, 3.8) is 0 Å². The molecule has 0 aliphatic heterocycles. The summed E-state index contributed by atoms with van der Waals surface area (Å²) in [6, 6.07) is 4.52. The van der Waals surface area contributed by atoms with Crippen molar-refractivity contribution in [1.82, 2.24) is 0 Å². The Morgan fingerprint density at radius 2 is 2.05 bits per heavy atom. The zero-order valence-corrected chi connectivity index (χ0v) is 11.4. The Kier molecular flexibility index (Phi) is 3.26. The molecule has 3 N–H and O–H groups in total. The average Bonchev–Trinajstić information content (AvgIpc) is 2.94. The molecule has 1 amide bonds. The van der Waals surface area contributed by atoms with Crippen LogP contribution in [0.1, 0.15) is 39.2 Å². The fourth-order valence-corrected chi connectivity index (χ4v) is 1.82. The first kappa shape index (κ1) is 13.8. The Labute approximate surface area is 112 Å². The summed E-state index contributed by atoms with van der Waals surface area (Å²) in [4.78, 5) is 11.6. The van der Waals surface area contributed by atoms with Crippen LogP contribution in [0, 0.1) is 5.82 Å². The van der Waals surface area contributed by atoms with Gasteiger partial charge >= 0.3 is 6.09 Å². The summed E-state index contributed by atoms with van der Waals surface area (Å²) < 4.78 is 19.0. The van der Waals surface area contributed by atoms with Crippen molar-refractivity contribution in [2.75, 3.05) is 5.32 Å². The van der Waals surface area contributed by atoms with Crippen LogP contribution in [-0.2, 0) is 10.3 Å². The number of amides is 1. The zero-order chi connectivity index (χ0) is 14.3. The minimum absolute atomic E-state index is 0.361. The van der Waals surface area contributed by atoms with Crippen LogP contribution in [0.3, 0.4) is 0 Å². The lowest BCUT2D eigenvalue weighted by atomic mass is 10.0. The molecule has 1 aromatic carbocycles. The summed E-state index contributed by atoms with van der Waals surface area (Å²) in [5.41, 5.74) is 5.71. The number of carbonyl (C=O) groups is 1. The molecule has 2 rings (SSSR count). The molecule has 1 fully saturated rings. The highest BCUT2D eigenvalue weighted by Gasteiger charge is 2.41. The summed E-state index contributed by atoms with van der Waals surface area (Å²) in [6.45, 7) is 5.30. The molecule has 0 unspecified atom stereocenters. The van der Waals surface area contributed by atoms with E-state index in [9.17, 15) is 9.18 Å². The smallest absolute Gasteiger partial charge is 0.412 e. The zero-order valence-electron chi connectivity index (χ0n) is 11.4. The number of ether oxygens (including phenoxy) is 1. The van der Waals surface area contributed by atoms with Gasteiger partial charge in [-0.1, -0.05) is 6.07 Å².